The highest BCUT2D eigenvalue weighted by molar-refractivity contribution is 6.31. The highest BCUT2D eigenvalue weighted by atomic mass is 35.5. The normalized spacial score (nSPS) is 24.0. The van der Waals surface area contributed by atoms with Crippen molar-refractivity contribution < 1.29 is 9.53 Å². The van der Waals surface area contributed by atoms with E-state index in [-0.39, 0.29) is 17.9 Å². The summed E-state index contributed by atoms with van der Waals surface area (Å²) in [6, 6.07) is 13.9. The van der Waals surface area contributed by atoms with Gasteiger partial charge < -0.3 is 10.1 Å². The summed E-state index contributed by atoms with van der Waals surface area (Å²) in [4.78, 5) is 11.8. The van der Waals surface area contributed by atoms with Crippen LogP contribution in [0.2, 0.25) is 5.02 Å². The first-order valence-corrected chi connectivity index (χ1v) is 8.46. The highest BCUT2D eigenvalue weighted by Crippen LogP contribution is 2.50. The van der Waals surface area contributed by atoms with Crippen LogP contribution in [0.5, 0.6) is 0 Å². The Bertz CT molecular complexity index is 830. The SMILES string of the molecule is COC(=O)c1ccc2c(c1)[C@@H]1C=CC[C@@H]1[C@H](c1ccccc1Cl)N2. The van der Waals surface area contributed by atoms with E-state index in [1.165, 1.54) is 7.11 Å². The minimum Gasteiger partial charge on any atom is -0.465 e. The first-order chi connectivity index (χ1) is 11.7. The van der Waals surface area contributed by atoms with E-state index in [4.69, 9.17) is 16.3 Å². The third-order valence-electron chi connectivity index (χ3n) is 5.02. The van der Waals surface area contributed by atoms with E-state index in [2.05, 4.69) is 23.5 Å². The van der Waals surface area contributed by atoms with Gasteiger partial charge in [-0.25, -0.2) is 4.79 Å². The second-order valence-corrected chi connectivity index (χ2v) is 6.70. The summed E-state index contributed by atoms with van der Waals surface area (Å²) < 4.78 is 4.85. The zero-order valence-electron chi connectivity index (χ0n) is 13.3. The van der Waals surface area contributed by atoms with Gasteiger partial charge in [0.05, 0.1) is 18.7 Å². The molecule has 0 amide bonds. The lowest BCUT2D eigenvalue weighted by Gasteiger charge is -2.38. The molecule has 1 N–H and O–H groups in total. The number of ether oxygens (including phenoxy) is 1. The van der Waals surface area contributed by atoms with E-state index in [1.807, 2.05) is 30.3 Å². The van der Waals surface area contributed by atoms with Crippen LogP contribution in [0, 0.1) is 5.92 Å². The van der Waals surface area contributed by atoms with Crippen LogP contribution >= 0.6 is 11.6 Å². The van der Waals surface area contributed by atoms with Gasteiger partial charge in [-0.3, -0.25) is 0 Å². The predicted molar refractivity (Wildman–Crippen MR) is 95.6 cm³/mol. The number of carbonyl (C=O) groups excluding carboxylic acids is 1. The first kappa shape index (κ1) is 15.3. The van der Waals surface area contributed by atoms with E-state index >= 15 is 0 Å². The van der Waals surface area contributed by atoms with Gasteiger partial charge in [-0.15, -0.1) is 0 Å². The summed E-state index contributed by atoms with van der Waals surface area (Å²) in [5.41, 5.74) is 3.93. The molecule has 4 rings (SSSR count). The van der Waals surface area contributed by atoms with Crippen molar-refractivity contribution >= 4 is 23.3 Å². The Kier molecular flexibility index (Phi) is 3.81. The minimum absolute atomic E-state index is 0.162. The van der Waals surface area contributed by atoms with Crippen LogP contribution in [0.4, 0.5) is 5.69 Å². The number of halogens is 1. The lowest BCUT2D eigenvalue weighted by molar-refractivity contribution is 0.0600. The van der Waals surface area contributed by atoms with Crippen LogP contribution in [-0.2, 0) is 4.74 Å². The third kappa shape index (κ3) is 2.40. The molecule has 1 aliphatic carbocycles. The van der Waals surface area contributed by atoms with Crippen molar-refractivity contribution in [1.29, 1.82) is 0 Å². The molecule has 0 aromatic heterocycles. The summed E-state index contributed by atoms with van der Waals surface area (Å²) in [5, 5.41) is 4.42. The minimum atomic E-state index is -0.301. The van der Waals surface area contributed by atoms with Gasteiger partial charge in [-0.05, 0) is 47.7 Å². The smallest absolute Gasteiger partial charge is 0.337 e. The quantitative estimate of drug-likeness (QED) is 0.621. The van der Waals surface area contributed by atoms with Gasteiger partial charge in [0.1, 0.15) is 0 Å². The molecule has 2 aromatic rings. The largest absolute Gasteiger partial charge is 0.465 e. The molecule has 0 spiro atoms. The monoisotopic (exact) mass is 339 g/mol. The highest BCUT2D eigenvalue weighted by Gasteiger charge is 2.38. The molecule has 0 saturated heterocycles. The number of esters is 1. The van der Waals surface area contributed by atoms with E-state index < -0.39 is 0 Å². The predicted octanol–water partition coefficient (Wildman–Crippen LogP) is 4.95. The van der Waals surface area contributed by atoms with Gasteiger partial charge in [0.15, 0.2) is 0 Å². The molecule has 1 heterocycles. The number of rotatable bonds is 2. The number of benzene rings is 2. The molecule has 122 valence electrons. The Morgan fingerprint density at radius 2 is 2.04 bits per heavy atom. The summed E-state index contributed by atoms with van der Waals surface area (Å²) in [6.07, 6.45) is 5.46. The van der Waals surface area contributed by atoms with Crippen LogP contribution in [0.25, 0.3) is 0 Å². The molecule has 0 unspecified atom stereocenters. The molecule has 2 aromatic carbocycles. The molecule has 2 aliphatic rings. The van der Waals surface area contributed by atoms with Gasteiger partial charge >= 0.3 is 5.97 Å². The van der Waals surface area contributed by atoms with Gasteiger partial charge in [0.2, 0.25) is 0 Å². The van der Waals surface area contributed by atoms with Crippen molar-refractivity contribution in [2.45, 2.75) is 18.4 Å². The number of nitrogens with one attached hydrogen (secondary N) is 1. The fourth-order valence-electron chi connectivity index (χ4n) is 3.87. The van der Waals surface area contributed by atoms with E-state index in [0.29, 0.717) is 11.5 Å². The molecular weight excluding hydrogens is 322 g/mol. The van der Waals surface area contributed by atoms with Gasteiger partial charge in [0, 0.05) is 16.6 Å². The van der Waals surface area contributed by atoms with E-state index in [9.17, 15) is 4.79 Å². The van der Waals surface area contributed by atoms with Gasteiger partial charge in [-0.1, -0.05) is 42.0 Å². The molecule has 24 heavy (non-hydrogen) atoms. The Hall–Kier alpha value is -2.26. The Labute approximate surface area is 146 Å². The number of hydrogen-bond acceptors (Lipinski definition) is 3. The fourth-order valence-corrected chi connectivity index (χ4v) is 4.13. The summed E-state index contributed by atoms with van der Waals surface area (Å²) in [5.74, 6) is 0.377. The molecule has 1 aliphatic heterocycles. The Morgan fingerprint density at radius 1 is 1.21 bits per heavy atom. The van der Waals surface area contributed by atoms with E-state index in [0.717, 1.165) is 28.3 Å². The molecule has 0 fully saturated rings. The molecule has 3 nitrogen and oxygen atoms in total. The number of carbonyl (C=O) groups is 1. The number of fused-ring (bicyclic) bond motifs is 3. The summed E-state index contributed by atoms with van der Waals surface area (Å²) in [6.45, 7) is 0. The maximum atomic E-state index is 11.8. The van der Waals surface area contributed by atoms with Crippen LogP contribution in [0.1, 0.15) is 39.9 Å². The molecular formula is C20H18ClNO2. The van der Waals surface area contributed by atoms with Crippen LogP contribution in [0.3, 0.4) is 0 Å². The van der Waals surface area contributed by atoms with Crippen molar-refractivity contribution in [2.24, 2.45) is 5.92 Å². The van der Waals surface area contributed by atoms with Crippen LogP contribution in [-0.4, -0.2) is 13.1 Å². The van der Waals surface area contributed by atoms with Crippen molar-refractivity contribution in [1.82, 2.24) is 0 Å². The van der Waals surface area contributed by atoms with Crippen LogP contribution < -0.4 is 5.32 Å². The van der Waals surface area contributed by atoms with Crippen molar-refractivity contribution in [3.05, 3.63) is 76.3 Å². The number of anilines is 1. The number of methoxy groups -OCH3 is 1. The standard InChI is InChI=1S/C20H18ClNO2/c1-24-20(23)12-9-10-18-16(11-12)13-6-4-7-14(13)19(22-18)15-5-2-3-8-17(15)21/h2-6,8-11,13-14,19,22H,7H2,1H3/t13-,14+,19-/m1/s1. The van der Waals surface area contributed by atoms with E-state index in [1.54, 1.807) is 6.07 Å². The lowest BCUT2D eigenvalue weighted by atomic mass is 9.76. The summed E-state index contributed by atoms with van der Waals surface area (Å²) >= 11 is 6.44. The number of hydrogen-bond donors (Lipinski definition) is 1. The van der Waals surface area contributed by atoms with Crippen LogP contribution in [0.15, 0.2) is 54.6 Å². The zero-order chi connectivity index (χ0) is 16.7. The lowest BCUT2D eigenvalue weighted by Crippen LogP contribution is -2.29. The average Bonchev–Trinajstić information content (AvgIpc) is 3.10. The molecule has 0 bridgehead atoms. The van der Waals surface area contributed by atoms with Gasteiger partial charge in [0.25, 0.3) is 0 Å². The molecule has 4 heteroatoms. The topological polar surface area (TPSA) is 38.3 Å². The number of allylic oxidation sites excluding steroid dienone is 2. The second-order valence-electron chi connectivity index (χ2n) is 6.29. The average molecular weight is 340 g/mol. The van der Waals surface area contributed by atoms with Crippen molar-refractivity contribution in [3.8, 4) is 0 Å². The third-order valence-corrected chi connectivity index (χ3v) is 5.37. The maximum Gasteiger partial charge on any atom is 0.337 e. The van der Waals surface area contributed by atoms with Gasteiger partial charge in [-0.2, -0.15) is 0 Å². The maximum absolute atomic E-state index is 11.8. The Morgan fingerprint density at radius 3 is 2.83 bits per heavy atom. The fraction of sp³-hybridized carbons (Fsp3) is 0.250. The first-order valence-electron chi connectivity index (χ1n) is 8.09. The Balaban J connectivity index is 1.78. The molecule has 0 saturated carbocycles. The molecule has 3 atom stereocenters. The summed E-state index contributed by atoms with van der Waals surface area (Å²) in [7, 11) is 1.41. The zero-order valence-corrected chi connectivity index (χ0v) is 14.1. The molecule has 0 radical (unpaired) electrons. The van der Waals surface area contributed by atoms with Crippen molar-refractivity contribution in [2.75, 3.05) is 12.4 Å². The van der Waals surface area contributed by atoms with Crippen molar-refractivity contribution in [3.63, 3.8) is 0 Å². The second kappa shape index (κ2) is 5.99.